The number of H-pyrrole nitrogens is 1. The fraction of sp³-hybridized carbons (Fsp3) is 0.357. The second-order valence-corrected chi connectivity index (χ2v) is 5.47. The van der Waals surface area contributed by atoms with Gasteiger partial charge in [0, 0.05) is 11.1 Å². The lowest BCUT2D eigenvalue weighted by Crippen LogP contribution is -2.19. The number of aliphatic hydroxyl groups is 1. The summed E-state index contributed by atoms with van der Waals surface area (Å²) in [5, 5.41) is 12.3. The lowest BCUT2D eigenvalue weighted by molar-refractivity contribution is 0.277. The molecule has 0 fully saturated rings. The average molecular weight is 264 g/mol. The predicted octanol–water partition coefficient (Wildman–Crippen LogP) is 2.09. The summed E-state index contributed by atoms with van der Waals surface area (Å²) in [5.41, 5.74) is 0.280. The molecule has 5 heteroatoms. The quantitative estimate of drug-likeness (QED) is 0.872. The molecule has 0 aliphatic rings. The van der Waals surface area contributed by atoms with E-state index < -0.39 is 11.4 Å². The first-order chi connectivity index (χ1) is 8.86. The molecule has 0 atom stereocenters. The number of hydrogen-bond acceptors (Lipinski definition) is 2. The summed E-state index contributed by atoms with van der Waals surface area (Å²) in [4.78, 5) is 12.2. The van der Waals surface area contributed by atoms with Crippen molar-refractivity contribution >= 4 is 0 Å². The maximum atomic E-state index is 13.8. The van der Waals surface area contributed by atoms with Gasteiger partial charge < -0.3 is 5.11 Å². The van der Waals surface area contributed by atoms with Crippen molar-refractivity contribution in [1.29, 1.82) is 0 Å². The number of aliphatic hydroxyl groups excluding tert-OH is 1. The Hall–Kier alpha value is -1.88. The molecule has 2 aromatic rings. The molecule has 0 saturated carbocycles. The molecule has 0 unspecified atom stereocenters. The molecule has 0 bridgehead atoms. The van der Waals surface area contributed by atoms with Crippen LogP contribution >= 0.6 is 0 Å². The first kappa shape index (κ1) is 13.5. The fourth-order valence-electron chi connectivity index (χ4n) is 2.04. The van der Waals surface area contributed by atoms with Gasteiger partial charge in [-0.1, -0.05) is 32.9 Å². The molecule has 0 aliphatic heterocycles. The average Bonchev–Trinajstić information content (AvgIpc) is 2.67. The zero-order chi connectivity index (χ0) is 14.2. The van der Waals surface area contributed by atoms with Crippen LogP contribution in [-0.2, 0) is 12.0 Å². The summed E-state index contributed by atoms with van der Waals surface area (Å²) < 4.78 is 14.9. The molecular weight excluding hydrogens is 247 g/mol. The molecule has 2 rings (SSSR count). The number of rotatable bonds is 2. The third-order valence-electron chi connectivity index (χ3n) is 2.99. The minimum Gasteiger partial charge on any atom is -0.391 e. The summed E-state index contributed by atoms with van der Waals surface area (Å²) >= 11 is 0. The van der Waals surface area contributed by atoms with Crippen molar-refractivity contribution in [2.24, 2.45) is 0 Å². The summed E-state index contributed by atoms with van der Waals surface area (Å²) in [6.07, 6.45) is 0. The number of para-hydroxylation sites is 1. The highest BCUT2D eigenvalue weighted by Gasteiger charge is 2.25. The molecule has 0 saturated heterocycles. The van der Waals surface area contributed by atoms with Crippen molar-refractivity contribution in [3.05, 3.63) is 51.7 Å². The van der Waals surface area contributed by atoms with E-state index in [4.69, 9.17) is 0 Å². The minimum absolute atomic E-state index is 0.151. The first-order valence-corrected chi connectivity index (χ1v) is 6.06. The number of nitrogens with zero attached hydrogens (tertiary/aromatic N) is 1. The second-order valence-electron chi connectivity index (χ2n) is 5.47. The maximum Gasteiger partial charge on any atom is 0.277 e. The normalized spacial score (nSPS) is 11.8. The number of hydrogen-bond donors (Lipinski definition) is 2. The van der Waals surface area contributed by atoms with Crippen LogP contribution in [0.3, 0.4) is 0 Å². The smallest absolute Gasteiger partial charge is 0.277 e. The van der Waals surface area contributed by atoms with Crippen molar-refractivity contribution in [3.63, 3.8) is 0 Å². The van der Waals surface area contributed by atoms with Crippen LogP contribution in [0.2, 0.25) is 0 Å². The largest absolute Gasteiger partial charge is 0.391 e. The van der Waals surface area contributed by atoms with Crippen molar-refractivity contribution in [2.45, 2.75) is 32.8 Å². The first-order valence-electron chi connectivity index (χ1n) is 6.06. The molecule has 4 nitrogen and oxygen atoms in total. The standard InChI is InChI=1S/C14H17FN2O2/c1-14(2,3)12-9(8-18)13(19)17(16-12)11-7-5-4-6-10(11)15/h4-7,16,18H,8H2,1-3H3. The molecule has 1 aromatic carbocycles. The predicted molar refractivity (Wildman–Crippen MR) is 71.0 cm³/mol. The van der Waals surface area contributed by atoms with E-state index in [2.05, 4.69) is 5.10 Å². The Morgan fingerprint density at radius 2 is 1.95 bits per heavy atom. The lowest BCUT2D eigenvalue weighted by Gasteiger charge is -2.17. The van der Waals surface area contributed by atoms with Crippen molar-refractivity contribution in [1.82, 2.24) is 9.78 Å². The van der Waals surface area contributed by atoms with Gasteiger partial charge in [0.25, 0.3) is 5.56 Å². The molecule has 0 radical (unpaired) electrons. The van der Waals surface area contributed by atoms with Crippen LogP contribution in [0, 0.1) is 5.82 Å². The maximum absolute atomic E-state index is 13.8. The second kappa shape index (κ2) is 4.66. The van der Waals surface area contributed by atoms with Gasteiger partial charge in [-0.25, -0.2) is 9.07 Å². The summed E-state index contributed by atoms with van der Waals surface area (Å²) in [6.45, 7) is 5.39. The lowest BCUT2D eigenvalue weighted by atomic mass is 9.90. The summed E-state index contributed by atoms with van der Waals surface area (Å²) in [6, 6.07) is 6.02. The van der Waals surface area contributed by atoms with Crippen LogP contribution in [0.25, 0.3) is 5.69 Å². The Morgan fingerprint density at radius 1 is 1.32 bits per heavy atom. The van der Waals surface area contributed by atoms with Gasteiger partial charge >= 0.3 is 0 Å². The topological polar surface area (TPSA) is 58.0 Å². The van der Waals surface area contributed by atoms with E-state index in [0.29, 0.717) is 5.69 Å². The molecule has 19 heavy (non-hydrogen) atoms. The van der Waals surface area contributed by atoms with Gasteiger partial charge in [0.05, 0.1) is 12.2 Å². The Labute approximate surface area is 110 Å². The number of aromatic nitrogens is 2. The van der Waals surface area contributed by atoms with Crippen LogP contribution in [0.5, 0.6) is 0 Å². The van der Waals surface area contributed by atoms with Crippen molar-refractivity contribution in [3.8, 4) is 5.69 Å². The Balaban J connectivity index is 2.71. The third kappa shape index (κ3) is 2.33. The van der Waals surface area contributed by atoms with Gasteiger partial charge in [-0.15, -0.1) is 0 Å². The number of nitrogens with one attached hydrogen (secondary N) is 1. The van der Waals surface area contributed by atoms with E-state index in [9.17, 15) is 14.3 Å². The SMILES string of the molecule is CC(C)(C)c1[nH]n(-c2ccccc2F)c(=O)c1CO. The van der Waals surface area contributed by atoms with Gasteiger partial charge in [0.2, 0.25) is 0 Å². The van der Waals surface area contributed by atoms with Gasteiger partial charge in [-0.3, -0.25) is 9.89 Å². The summed E-state index contributed by atoms with van der Waals surface area (Å²) in [7, 11) is 0. The van der Waals surface area contributed by atoms with E-state index in [1.54, 1.807) is 12.1 Å². The van der Waals surface area contributed by atoms with Crippen LogP contribution in [-0.4, -0.2) is 14.9 Å². The van der Waals surface area contributed by atoms with Crippen LogP contribution in [0.1, 0.15) is 32.0 Å². The molecular formula is C14H17FN2O2. The van der Waals surface area contributed by atoms with E-state index in [1.165, 1.54) is 12.1 Å². The Kier molecular flexibility index (Phi) is 3.32. The number of halogens is 1. The molecule has 102 valence electrons. The van der Waals surface area contributed by atoms with Gasteiger partial charge in [-0.05, 0) is 12.1 Å². The molecule has 2 N–H and O–H groups in total. The molecule has 0 aliphatic carbocycles. The van der Waals surface area contributed by atoms with Gasteiger partial charge in [0.1, 0.15) is 11.5 Å². The molecule has 1 aromatic heterocycles. The molecule has 0 amide bonds. The third-order valence-corrected chi connectivity index (χ3v) is 2.99. The molecule has 1 heterocycles. The highest BCUT2D eigenvalue weighted by Crippen LogP contribution is 2.23. The highest BCUT2D eigenvalue weighted by atomic mass is 19.1. The van der Waals surface area contributed by atoms with Crippen molar-refractivity contribution in [2.75, 3.05) is 0 Å². The number of benzene rings is 1. The fourth-order valence-corrected chi connectivity index (χ4v) is 2.04. The van der Waals surface area contributed by atoms with E-state index >= 15 is 0 Å². The van der Waals surface area contributed by atoms with Gasteiger partial charge in [-0.2, -0.15) is 0 Å². The van der Waals surface area contributed by atoms with E-state index in [1.807, 2.05) is 20.8 Å². The van der Waals surface area contributed by atoms with Crippen LogP contribution < -0.4 is 5.56 Å². The van der Waals surface area contributed by atoms with Gasteiger partial charge in [0.15, 0.2) is 0 Å². The van der Waals surface area contributed by atoms with E-state index in [-0.39, 0.29) is 23.3 Å². The van der Waals surface area contributed by atoms with E-state index in [0.717, 1.165) is 4.68 Å². The summed E-state index contributed by atoms with van der Waals surface area (Å²) in [5.74, 6) is -0.490. The van der Waals surface area contributed by atoms with Crippen LogP contribution in [0.4, 0.5) is 4.39 Å². The van der Waals surface area contributed by atoms with Crippen molar-refractivity contribution < 1.29 is 9.50 Å². The molecule has 0 spiro atoms. The highest BCUT2D eigenvalue weighted by molar-refractivity contribution is 5.35. The Morgan fingerprint density at radius 3 is 2.42 bits per heavy atom. The zero-order valence-corrected chi connectivity index (χ0v) is 11.2. The Bertz CT molecular complexity index is 650. The minimum atomic E-state index is -0.490. The number of aromatic amines is 1. The van der Waals surface area contributed by atoms with Crippen LogP contribution in [0.15, 0.2) is 29.1 Å². The monoisotopic (exact) mass is 264 g/mol. The zero-order valence-electron chi connectivity index (χ0n) is 11.2.